The first kappa shape index (κ1) is 20.5. The molecule has 0 aliphatic heterocycles. The van der Waals surface area contributed by atoms with Crippen molar-refractivity contribution >= 4 is 29.2 Å². The minimum absolute atomic E-state index is 0.155. The maximum atomic E-state index is 13.0. The van der Waals surface area contributed by atoms with Gasteiger partial charge in [0.15, 0.2) is 12.8 Å². The van der Waals surface area contributed by atoms with E-state index < -0.39 is 30.2 Å². The van der Waals surface area contributed by atoms with Gasteiger partial charge in [-0.1, -0.05) is 12.1 Å². The Morgan fingerprint density at radius 2 is 1.63 bits per heavy atom. The minimum Gasteiger partial charge on any atom is -0.618 e. The van der Waals surface area contributed by atoms with E-state index in [1.165, 1.54) is 54.6 Å². The molecular formula is C21H16FN3O5. The van der Waals surface area contributed by atoms with Crippen LogP contribution in [0, 0.1) is 11.0 Å². The normalized spacial score (nSPS) is 10.2. The van der Waals surface area contributed by atoms with Crippen molar-refractivity contribution in [3.63, 3.8) is 0 Å². The Labute approximate surface area is 170 Å². The number of hydrogen-bond donors (Lipinski definition) is 2. The van der Waals surface area contributed by atoms with E-state index in [-0.39, 0.29) is 16.9 Å². The average Bonchev–Trinajstić information content (AvgIpc) is 2.74. The molecule has 0 bridgehead atoms. The summed E-state index contributed by atoms with van der Waals surface area (Å²) < 4.78 is 18.2. The number of hydrogen-bond acceptors (Lipinski definition) is 5. The molecule has 2 aromatic carbocycles. The number of aromatic nitrogens is 1. The first-order valence-corrected chi connectivity index (χ1v) is 8.75. The van der Waals surface area contributed by atoms with Crippen LogP contribution in [0.15, 0.2) is 72.9 Å². The number of nitrogens with one attached hydrogen (secondary N) is 2. The van der Waals surface area contributed by atoms with E-state index in [1.807, 2.05) is 0 Å². The molecule has 2 N–H and O–H groups in total. The van der Waals surface area contributed by atoms with Crippen LogP contribution in [0.3, 0.4) is 0 Å². The number of amides is 2. The predicted octanol–water partition coefficient (Wildman–Crippen LogP) is 2.51. The van der Waals surface area contributed by atoms with Crippen molar-refractivity contribution in [2.75, 3.05) is 17.2 Å². The smallest absolute Gasteiger partial charge is 0.405 e. The van der Waals surface area contributed by atoms with E-state index in [4.69, 9.17) is 4.74 Å². The summed E-state index contributed by atoms with van der Waals surface area (Å²) in [5, 5.41) is 16.6. The van der Waals surface area contributed by atoms with Gasteiger partial charge in [-0.3, -0.25) is 9.59 Å². The topological polar surface area (TPSA) is 111 Å². The highest BCUT2D eigenvalue weighted by atomic mass is 19.1. The first-order valence-electron chi connectivity index (χ1n) is 8.75. The lowest BCUT2D eigenvalue weighted by molar-refractivity contribution is -0.608. The number of carbonyl (C=O) groups is 3. The largest absolute Gasteiger partial charge is 0.618 e. The van der Waals surface area contributed by atoms with Crippen molar-refractivity contribution in [1.29, 1.82) is 0 Å². The average molecular weight is 409 g/mol. The third kappa shape index (κ3) is 5.16. The van der Waals surface area contributed by atoms with E-state index in [9.17, 15) is 24.0 Å². The minimum atomic E-state index is -0.955. The fraction of sp³-hybridized carbons (Fsp3) is 0.0476. The second kappa shape index (κ2) is 9.28. The lowest BCUT2D eigenvalue weighted by Crippen LogP contribution is -2.35. The van der Waals surface area contributed by atoms with Gasteiger partial charge in [0.2, 0.25) is 0 Å². The van der Waals surface area contributed by atoms with Gasteiger partial charge in [-0.15, -0.1) is 0 Å². The molecule has 0 spiro atoms. The molecule has 2 amide bonds. The van der Waals surface area contributed by atoms with Crippen LogP contribution in [0.5, 0.6) is 0 Å². The Hall–Kier alpha value is -4.27. The molecule has 9 heteroatoms. The van der Waals surface area contributed by atoms with Crippen molar-refractivity contribution in [3.05, 3.63) is 95.2 Å². The number of esters is 1. The maximum absolute atomic E-state index is 13.0. The van der Waals surface area contributed by atoms with Crippen LogP contribution in [0.25, 0.3) is 0 Å². The molecule has 152 valence electrons. The second-order valence-corrected chi connectivity index (χ2v) is 6.04. The molecule has 0 saturated carbocycles. The van der Waals surface area contributed by atoms with Crippen LogP contribution in [0.2, 0.25) is 0 Å². The summed E-state index contributed by atoms with van der Waals surface area (Å²) in [4.78, 5) is 36.6. The second-order valence-electron chi connectivity index (χ2n) is 6.04. The third-order valence-electron chi connectivity index (χ3n) is 3.92. The molecule has 0 radical (unpaired) electrons. The number of rotatable bonds is 6. The van der Waals surface area contributed by atoms with Gasteiger partial charge >= 0.3 is 11.7 Å². The third-order valence-corrected chi connectivity index (χ3v) is 3.92. The molecule has 0 atom stereocenters. The number of halogens is 1. The molecule has 8 nitrogen and oxygen atoms in total. The summed E-state index contributed by atoms with van der Waals surface area (Å²) in [6.07, 6.45) is 1.13. The molecule has 0 fully saturated rings. The number of benzene rings is 2. The van der Waals surface area contributed by atoms with E-state index in [1.54, 1.807) is 12.1 Å². The van der Waals surface area contributed by atoms with Crippen LogP contribution in [-0.2, 0) is 9.53 Å². The molecular weight excluding hydrogens is 393 g/mol. The van der Waals surface area contributed by atoms with E-state index in [0.29, 0.717) is 10.4 Å². The Morgan fingerprint density at radius 1 is 0.933 bits per heavy atom. The van der Waals surface area contributed by atoms with Crippen LogP contribution in [0.4, 0.5) is 15.8 Å². The van der Waals surface area contributed by atoms with Gasteiger partial charge in [0.1, 0.15) is 5.82 Å². The van der Waals surface area contributed by atoms with Gasteiger partial charge in [-0.25, -0.2) is 9.18 Å². The standard InChI is InChI=1S/C21H16FN3O5/c22-14-8-10-15(11-9-14)23-20(27)16-5-1-2-6-17(16)24-19(26)13-30-21(28)18-7-3-4-12-25(18)29/h1-12H,13H2,(H,23,27)(H,24,26). The number of nitrogens with zero attached hydrogens (tertiary/aromatic N) is 1. The summed E-state index contributed by atoms with van der Waals surface area (Å²) in [5.41, 5.74) is 0.466. The van der Waals surface area contributed by atoms with Crippen molar-refractivity contribution in [1.82, 2.24) is 0 Å². The van der Waals surface area contributed by atoms with Gasteiger partial charge in [0.05, 0.1) is 11.3 Å². The zero-order chi connectivity index (χ0) is 21.5. The first-order chi connectivity index (χ1) is 14.4. The number of anilines is 2. The maximum Gasteiger partial charge on any atom is 0.405 e. The molecule has 30 heavy (non-hydrogen) atoms. The zero-order valence-corrected chi connectivity index (χ0v) is 15.5. The van der Waals surface area contributed by atoms with Crippen molar-refractivity contribution < 1.29 is 28.2 Å². The fourth-order valence-corrected chi connectivity index (χ4v) is 2.50. The Morgan fingerprint density at radius 3 is 2.37 bits per heavy atom. The summed E-state index contributed by atoms with van der Waals surface area (Å²) in [6.45, 7) is -0.651. The molecule has 3 aromatic rings. The Bertz CT molecular complexity index is 1090. The molecule has 0 aliphatic carbocycles. The van der Waals surface area contributed by atoms with E-state index in [2.05, 4.69) is 10.6 Å². The highest BCUT2D eigenvalue weighted by Crippen LogP contribution is 2.18. The van der Waals surface area contributed by atoms with Gasteiger partial charge in [-0.2, -0.15) is 4.73 Å². The van der Waals surface area contributed by atoms with E-state index in [0.717, 1.165) is 6.20 Å². The highest BCUT2D eigenvalue weighted by Gasteiger charge is 2.19. The van der Waals surface area contributed by atoms with Crippen molar-refractivity contribution in [2.24, 2.45) is 0 Å². The van der Waals surface area contributed by atoms with Crippen LogP contribution >= 0.6 is 0 Å². The summed E-state index contributed by atoms with van der Waals surface area (Å²) in [6, 6.07) is 15.6. The SMILES string of the molecule is O=C(COC(=O)c1cccc[n+]1[O-])Nc1ccccc1C(=O)Nc1ccc(F)cc1. The molecule has 1 heterocycles. The Kier molecular flexibility index (Phi) is 6.33. The molecule has 1 aromatic heterocycles. The Balaban J connectivity index is 1.63. The lowest BCUT2D eigenvalue weighted by atomic mass is 10.1. The number of carbonyl (C=O) groups excluding carboxylic acids is 3. The molecule has 0 unspecified atom stereocenters. The van der Waals surface area contributed by atoms with E-state index >= 15 is 0 Å². The lowest BCUT2D eigenvalue weighted by Gasteiger charge is -2.11. The van der Waals surface area contributed by atoms with Crippen molar-refractivity contribution in [3.8, 4) is 0 Å². The zero-order valence-electron chi connectivity index (χ0n) is 15.5. The van der Waals surface area contributed by atoms with Gasteiger partial charge in [0.25, 0.3) is 11.8 Å². The summed E-state index contributed by atoms with van der Waals surface area (Å²) >= 11 is 0. The number of para-hydroxylation sites is 1. The van der Waals surface area contributed by atoms with Crippen molar-refractivity contribution in [2.45, 2.75) is 0 Å². The number of ether oxygens (including phenoxy) is 1. The summed E-state index contributed by atoms with van der Waals surface area (Å²) in [5.74, 6) is -2.61. The van der Waals surface area contributed by atoms with Crippen LogP contribution in [-0.4, -0.2) is 24.4 Å². The molecule has 0 aliphatic rings. The van der Waals surface area contributed by atoms with Crippen LogP contribution in [0.1, 0.15) is 20.8 Å². The quantitative estimate of drug-likeness (QED) is 0.369. The number of pyridine rings is 1. The predicted molar refractivity (Wildman–Crippen MR) is 105 cm³/mol. The monoisotopic (exact) mass is 409 g/mol. The van der Waals surface area contributed by atoms with Gasteiger partial charge in [-0.05, 0) is 42.5 Å². The van der Waals surface area contributed by atoms with Gasteiger partial charge < -0.3 is 20.6 Å². The highest BCUT2D eigenvalue weighted by molar-refractivity contribution is 6.10. The fourth-order valence-electron chi connectivity index (χ4n) is 2.50. The molecule has 0 saturated heterocycles. The van der Waals surface area contributed by atoms with Gasteiger partial charge in [0, 0.05) is 17.8 Å². The van der Waals surface area contributed by atoms with Crippen LogP contribution < -0.4 is 15.4 Å². The molecule has 3 rings (SSSR count). The summed E-state index contributed by atoms with van der Waals surface area (Å²) in [7, 11) is 0.